The van der Waals surface area contributed by atoms with E-state index in [4.69, 9.17) is 6.57 Å². The van der Waals surface area contributed by atoms with Crippen LogP contribution in [0, 0.1) is 20.4 Å². The number of rotatable bonds is 5. The number of sulfone groups is 1. The minimum absolute atomic E-state index is 0.0212. The summed E-state index contributed by atoms with van der Waals surface area (Å²) in [6, 6.07) is 7.55. The molecule has 0 aliphatic heterocycles. The van der Waals surface area contributed by atoms with Crippen molar-refractivity contribution in [3.8, 4) is 0 Å². The molecule has 0 saturated heterocycles. The van der Waals surface area contributed by atoms with Crippen LogP contribution in [0.3, 0.4) is 0 Å². The van der Waals surface area contributed by atoms with E-state index in [0.717, 1.165) is 12.5 Å². The van der Waals surface area contributed by atoms with Gasteiger partial charge in [0.1, 0.15) is 0 Å². The van der Waals surface area contributed by atoms with E-state index in [-0.39, 0.29) is 16.5 Å². The Morgan fingerprint density at radius 2 is 1.88 bits per heavy atom. The van der Waals surface area contributed by atoms with Gasteiger partial charge in [0.05, 0.1) is 10.6 Å². The van der Waals surface area contributed by atoms with Crippen LogP contribution in [-0.4, -0.2) is 41.0 Å². The number of hydrogen-bond acceptors (Lipinski definition) is 6. The highest BCUT2D eigenvalue weighted by atomic mass is 32.2. The molecule has 26 heavy (non-hydrogen) atoms. The second kappa shape index (κ2) is 7.19. The standard InChI is InChI=1S/C17H18N4O4S/c1-11-5-7-13(8-6-11)26(24,25)10-17(3,23)16(22)19-14-9-12(2)15(18-4)21-20-14/h5-9,23H,10H2,1-3H3,(H,19,20,22)/t17-/m0/s1. The van der Waals surface area contributed by atoms with Crippen LogP contribution in [0.15, 0.2) is 35.2 Å². The Balaban J connectivity index is 2.18. The molecule has 2 rings (SSSR count). The summed E-state index contributed by atoms with van der Waals surface area (Å²) >= 11 is 0. The number of aromatic nitrogens is 2. The van der Waals surface area contributed by atoms with Crippen LogP contribution in [0.4, 0.5) is 11.6 Å². The minimum atomic E-state index is -3.88. The lowest BCUT2D eigenvalue weighted by atomic mass is 10.1. The Kier molecular flexibility index (Phi) is 5.39. The zero-order valence-electron chi connectivity index (χ0n) is 14.5. The SMILES string of the molecule is [C-]#[N+]c1nnc(NC(=O)[C@@](C)(O)CS(=O)(=O)c2ccc(C)cc2)cc1C. The van der Waals surface area contributed by atoms with Crippen LogP contribution in [0.5, 0.6) is 0 Å². The van der Waals surface area contributed by atoms with Crippen molar-refractivity contribution in [3.63, 3.8) is 0 Å². The second-order valence-electron chi connectivity index (χ2n) is 6.15. The third-order valence-electron chi connectivity index (χ3n) is 3.65. The van der Waals surface area contributed by atoms with Crippen molar-refractivity contribution in [2.24, 2.45) is 0 Å². The molecule has 0 spiro atoms. The first-order chi connectivity index (χ1) is 12.0. The molecule has 1 amide bonds. The Morgan fingerprint density at radius 1 is 1.27 bits per heavy atom. The number of amides is 1. The molecule has 1 aromatic heterocycles. The van der Waals surface area contributed by atoms with E-state index in [1.165, 1.54) is 18.2 Å². The topological polar surface area (TPSA) is 114 Å². The number of aryl methyl sites for hydroxylation is 2. The largest absolute Gasteiger partial charge is 0.379 e. The van der Waals surface area contributed by atoms with Gasteiger partial charge in [-0.05, 0) is 49.6 Å². The predicted octanol–water partition coefficient (Wildman–Crippen LogP) is 1.81. The van der Waals surface area contributed by atoms with Crippen LogP contribution in [0.2, 0.25) is 0 Å². The van der Waals surface area contributed by atoms with Crippen LogP contribution < -0.4 is 5.32 Å². The molecule has 136 valence electrons. The van der Waals surface area contributed by atoms with E-state index in [0.29, 0.717) is 5.56 Å². The van der Waals surface area contributed by atoms with Crippen LogP contribution >= 0.6 is 0 Å². The normalized spacial score (nSPS) is 13.5. The monoisotopic (exact) mass is 374 g/mol. The molecule has 8 nitrogen and oxygen atoms in total. The molecule has 2 aromatic rings. The van der Waals surface area contributed by atoms with Crippen molar-refractivity contribution in [3.05, 3.63) is 52.9 Å². The fraction of sp³-hybridized carbons (Fsp3) is 0.294. The van der Waals surface area contributed by atoms with E-state index in [2.05, 4.69) is 20.4 Å². The second-order valence-corrected chi connectivity index (χ2v) is 8.14. The minimum Gasteiger partial charge on any atom is -0.379 e. The van der Waals surface area contributed by atoms with Crippen LogP contribution in [-0.2, 0) is 14.6 Å². The van der Waals surface area contributed by atoms with Gasteiger partial charge in [-0.25, -0.2) is 8.42 Å². The smallest absolute Gasteiger partial charge is 0.299 e. The number of nitrogens with one attached hydrogen (secondary N) is 1. The maximum atomic E-state index is 12.5. The predicted molar refractivity (Wildman–Crippen MR) is 95.5 cm³/mol. The zero-order chi connectivity index (χ0) is 19.5. The first kappa shape index (κ1) is 19.5. The summed E-state index contributed by atoms with van der Waals surface area (Å²) in [4.78, 5) is 15.5. The number of carbonyl (C=O) groups is 1. The number of nitrogens with zero attached hydrogens (tertiary/aromatic N) is 3. The van der Waals surface area contributed by atoms with Gasteiger partial charge < -0.3 is 15.3 Å². The van der Waals surface area contributed by atoms with Crippen molar-refractivity contribution >= 4 is 27.4 Å². The average molecular weight is 374 g/mol. The molecule has 9 heteroatoms. The summed E-state index contributed by atoms with van der Waals surface area (Å²) in [6.45, 7) is 11.5. The summed E-state index contributed by atoms with van der Waals surface area (Å²) in [7, 11) is -3.88. The molecule has 0 radical (unpaired) electrons. The maximum Gasteiger partial charge on any atom is 0.299 e. The van der Waals surface area contributed by atoms with E-state index in [1.54, 1.807) is 19.1 Å². The summed E-state index contributed by atoms with van der Waals surface area (Å²) in [6.07, 6.45) is 0. The van der Waals surface area contributed by atoms with Gasteiger partial charge in [0.25, 0.3) is 11.7 Å². The van der Waals surface area contributed by atoms with Gasteiger partial charge >= 0.3 is 0 Å². The number of anilines is 1. The van der Waals surface area contributed by atoms with Gasteiger partial charge in [-0.1, -0.05) is 24.3 Å². The third kappa shape index (κ3) is 4.41. The molecule has 0 fully saturated rings. The Labute approximate surface area is 151 Å². The summed E-state index contributed by atoms with van der Waals surface area (Å²) in [5, 5.41) is 20.0. The lowest BCUT2D eigenvalue weighted by Gasteiger charge is -2.21. The van der Waals surface area contributed by atoms with Crippen molar-refractivity contribution < 1.29 is 18.3 Å². The maximum absolute atomic E-state index is 12.5. The summed E-state index contributed by atoms with van der Waals surface area (Å²) in [5.74, 6) is -1.61. The number of carbonyl (C=O) groups excluding carboxylic acids is 1. The highest BCUT2D eigenvalue weighted by Crippen LogP contribution is 2.20. The summed E-state index contributed by atoms with van der Waals surface area (Å²) < 4.78 is 24.9. The summed E-state index contributed by atoms with van der Waals surface area (Å²) in [5.41, 5.74) is -0.792. The Morgan fingerprint density at radius 3 is 2.42 bits per heavy atom. The van der Waals surface area contributed by atoms with Gasteiger partial charge in [0.15, 0.2) is 21.3 Å². The molecule has 0 aliphatic rings. The molecule has 1 atom stereocenters. The number of aliphatic hydroxyl groups is 1. The molecular weight excluding hydrogens is 356 g/mol. The molecule has 1 heterocycles. The van der Waals surface area contributed by atoms with Gasteiger partial charge in [-0.2, -0.15) is 0 Å². The molecule has 0 bridgehead atoms. The molecule has 0 unspecified atom stereocenters. The van der Waals surface area contributed by atoms with Gasteiger partial charge in [0.2, 0.25) is 0 Å². The fourth-order valence-corrected chi connectivity index (χ4v) is 3.75. The number of benzene rings is 1. The van der Waals surface area contributed by atoms with Gasteiger partial charge in [-0.15, -0.1) is 0 Å². The van der Waals surface area contributed by atoms with Crippen molar-refractivity contribution in [2.75, 3.05) is 11.1 Å². The number of hydrogen-bond donors (Lipinski definition) is 2. The first-order valence-corrected chi connectivity index (χ1v) is 9.25. The first-order valence-electron chi connectivity index (χ1n) is 7.60. The van der Waals surface area contributed by atoms with Crippen LogP contribution in [0.1, 0.15) is 18.1 Å². The van der Waals surface area contributed by atoms with Crippen molar-refractivity contribution in [1.82, 2.24) is 10.2 Å². The fourth-order valence-electron chi connectivity index (χ4n) is 2.17. The Hall–Kier alpha value is -2.83. The highest BCUT2D eigenvalue weighted by molar-refractivity contribution is 7.91. The molecular formula is C17H18N4O4S. The lowest BCUT2D eigenvalue weighted by molar-refractivity contribution is -0.130. The van der Waals surface area contributed by atoms with E-state index >= 15 is 0 Å². The van der Waals surface area contributed by atoms with Crippen LogP contribution in [0.25, 0.3) is 4.85 Å². The average Bonchev–Trinajstić information content (AvgIpc) is 2.54. The third-order valence-corrected chi connectivity index (χ3v) is 5.58. The highest BCUT2D eigenvalue weighted by Gasteiger charge is 2.37. The van der Waals surface area contributed by atoms with E-state index in [9.17, 15) is 18.3 Å². The van der Waals surface area contributed by atoms with Gasteiger partial charge in [-0.3, -0.25) is 4.79 Å². The Bertz CT molecular complexity index is 977. The molecule has 2 N–H and O–H groups in total. The quantitative estimate of drug-likeness (QED) is 0.772. The lowest BCUT2D eigenvalue weighted by Crippen LogP contribution is -2.46. The van der Waals surface area contributed by atoms with E-state index in [1.807, 2.05) is 6.92 Å². The van der Waals surface area contributed by atoms with Crippen molar-refractivity contribution in [1.29, 1.82) is 0 Å². The molecule has 0 aliphatic carbocycles. The molecule has 0 saturated carbocycles. The van der Waals surface area contributed by atoms with E-state index < -0.39 is 27.1 Å². The van der Waals surface area contributed by atoms with Crippen molar-refractivity contribution in [2.45, 2.75) is 31.3 Å². The molecule has 1 aromatic carbocycles. The van der Waals surface area contributed by atoms with Gasteiger partial charge in [0, 0.05) is 5.10 Å². The zero-order valence-corrected chi connectivity index (χ0v) is 15.3.